The van der Waals surface area contributed by atoms with Gasteiger partial charge in [-0.15, -0.1) is 0 Å². The number of hydrogen-bond acceptors (Lipinski definition) is 1. The molecule has 1 aromatic heterocycles. The molecule has 2 aliphatic carbocycles. The molecule has 0 aliphatic heterocycles. The fourth-order valence-electron chi connectivity index (χ4n) is 7.42. The van der Waals surface area contributed by atoms with Gasteiger partial charge in [-0.1, -0.05) is 0 Å². The average Bonchev–Trinajstić information content (AvgIpc) is 3.78. The molecule has 0 amide bonds. The van der Waals surface area contributed by atoms with Gasteiger partial charge in [-0.2, -0.15) is 0 Å². The molecule has 48 heavy (non-hydrogen) atoms. The number of allylic oxidation sites excluding steroid dienone is 4. The predicted molar refractivity (Wildman–Crippen MR) is 197 cm³/mol. The predicted octanol–water partition coefficient (Wildman–Crippen LogP) is 5.05. The Labute approximate surface area is 312 Å². The van der Waals surface area contributed by atoms with Crippen LogP contribution in [0.4, 0.5) is 0 Å². The monoisotopic (exact) mass is 764 g/mol. The van der Waals surface area contributed by atoms with Crippen molar-refractivity contribution in [2.75, 3.05) is 0 Å². The van der Waals surface area contributed by atoms with Gasteiger partial charge >= 0.3 is 290 Å². The summed E-state index contributed by atoms with van der Waals surface area (Å²) in [6, 6.07) is 37.3. The zero-order valence-corrected chi connectivity index (χ0v) is 33.8. The van der Waals surface area contributed by atoms with E-state index in [4.69, 9.17) is 0 Å². The van der Waals surface area contributed by atoms with Crippen molar-refractivity contribution in [1.29, 1.82) is 0 Å². The van der Waals surface area contributed by atoms with Crippen LogP contribution < -0.4 is 28.1 Å². The molecule has 5 aromatic rings. The van der Waals surface area contributed by atoms with Crippen molar-refractivity contribution in [2.24, 2.45) is 5.92 Å². The standard InChI is InChI=1S/C21H25.C13H10.C10H9S.2ClH.Zr/c1-20(2,3)16-7-9-18-14(12-16)11-15-13-17(21(4,5)6)8-10-19(15)18;1-3-7-12(8-4-1)11-13-9-5-2-6-10-13;1-8-2-3-9(6-8)10-4-5-11-7-10;;;/h7-10,12H,11H2,1-6H3;1-10H;2-5,7-8H,1H3;2*1H;/q;;;;;+2/p-2. The van der Waals surface area contributed by atoms with Gasteiger partial charge in [0.25, 0.3) is 0 Å². The van der Waals surface area contributed by atoms with E-state index < -0.39 is 21.3 Å². The van der Waals surface area contributed by atoms with Gasteiger partial charge in [-0.25, -0.2) is 0 Å². The van der Waals surface area contributed by atoms with Crippen molar-refractivity contribution < 1.29 is 46.1 Å². The van der Waals surface area contributed by atoms with Crippen LogP contribution in [0.2, 0.25) is 0 Å². The summed E-state index contributed by atoms with van der Waals surface area (Å²) in [6.07, 6.45) is 5.93. The maximum atomic E-state index is 2.51. The fraction of sp³-hybridized carbons (Fsp3) is 0.250. The summed E-state index contributed by atoms with van der Waals surface area (Å²) >= 11 is -1.19. The van der Waals surface area contributed by atoms with E-state index in [1.807, 2.05) is 11.3 Å². The molecular weight excluding hydrogens is 723 g/mol. The Bertz CT molecular complexity index is 1980. The third-order valence-corrected chi connectivity index (χ3v) is 18.8. The van der Waals surface area contributed by atoms with Crippen LogP contribution in [0.1, 0.15) is 87.4 Å². The van der Waals surface area contributed by atoms with Gasteiger partial charge in [0, 0.05) is 0 Å². The van der Waals surface area contributed by atoms with Crippen molar-refractivity contribution in [3.8, 4) is 11.1 Å². The number of hydrogen-bond donors (Lipinski definition) is 0. The van der Waals surface area contributed by atoms with Crippen LogP contribution in [0, 0.1) is 5.92 Å². The van der Waals surface area contributed by atoms with E-state index >= 15 is 0 Å². The summed E-state index contributed by atoms with van der Waals surface area (Å²) < 4.78 is 4.99. The second-order valence-corrected chi connectivity index (χ2v) is 21.4. The van der Waals surface area contributed by atoms with Crippen LogP contribution in [0.15, 0.2) is 123 Å². The van der Waals surface area contributed by atoms with E-state index in [0.29, 0.717) is 5.92 Å². The van der Waals surface area contributed by atoms with Crippen LogP contribution in [0.5, 0.6) is 0 Å². The number of benzene rings is 4. The Kier molecular flexibility index (Phi) is 10.9. The number of rotatable bonds is 5. The molecule has 0 spiro atoms. The molecular formula is C44H44Cl2SZr. The van der Waals surface area contributed by atoms with Crippen LogP contribution in [0.25, 0.3) is 16.7 Å². The van der Waals surface area contributed by atoms with E-state index in [-0.39, 0.29) is 35.6 Å². The number of halogens is 2. The van der Waals surface area contributed by atoms with Crippen LogP contribution in [-0.4, -0.2) is 3.21 Å². The molecule has 4 aromatic carbocycles. The summed E-state index contributed by atoms with van der Waals surface area (Å²) in [7, 11) is 0. The smallest absolute Gasteiger partial charge is 1.00 e. The minimum atomic E-state index is -3.00. The summed E-state index contributed by atoms with van der Waals surface area (Å²) in [5, 5.41) is 4.59. The first-order chi connectivity index (χ1) is 22.0. The summed E-state index contributed by atoms with van der Waals surface area (Å²) in [5.41, 5.74) is 14.6. The van der Waals surface area contributed by atoms with Crippen molar-refractivity contribution in [3.63, 3.8) is 0 Å². The van der Waals surface area contributed by atoms with Crippen molar-refractivity contribution in [2.45, 2.75) is 65.7 Å². The van der Waals surface area contributed by atoms with E-state index in [0.717, 1.165) is 6.42 Å². The fourth-order valence-corrected chi connectivity index (χ4v) is 17.9. The van der Waals surface area contributed by atoms with Gasteiger partial charge < -0.3 is 24.8 Å². The molecule has 0 nitrogen and oxygen atoms in total. The zero-order chi connectivity index (χ0) is 32.2. The minimum Gasteiger partial charge on any atom is -1.00 e. The van der Waals surface area contributed by atoms with Crippen molar-refractivity contribution >= 4 is 23.4 Å². The molecule has 0 saturated heterocycles. The molecule has 0 N–H and O–H groups in total. The summed E-state index contributed by atoms with van der Waals surface area (Å²) in [6.45, 7) is 16.7. The van der Waals surface area contributed by atoms with Crippen molar-refractivity contribution in [3.05, 3.63) is 162 Å². The summed E-state index contributed by atoms with van der Waals surface area (Å²) in [5.74, 6) is 0.395. The Balaban J connectivity index is 0.00000225. The maximum Gasteiger partial charge on any atom is -1.00 e. The minimum absolute atomic E-state index is 0. The third-order valence-electron chi connectivity index (χ3n) is 9.77. The van der Waals surface area contributed by atoms with E-state index in [1.54, 1.807) is 15.3 Å². The molecule has 244 valence electrons. The van der Waals surface area contributed by atoms with Crippen LogP contribution in [-0.2, 0) is 38.5 Å². The van der Waals surface area contributed by atoms with Gasteiger partial charge in [-0.3, -0.25) is 0 Å². The third kappa shape index (κ3) is 6.76. The van der Waals surface area contributed by atoms with Gasteiger partial charge in [0.1, 0.15) is 0 Å². The molecule has 2 aliphatic rings. The second kappa shape index (κ2) is 14.3. The van der Waals surface area contributed by atoms with Crippen LogP contribution in [0.3, 0.4) is 0 Å². The molecule has 4 heteroatoms. The SMILES string of the molecule is CC1C=CC(c2ccsc2)=[C]1[Zr+2](=[C](c1ccccc1)c1ccccc1)[c]1c(C(C)(C)C)ccc2c1Cc1cc(C(C)(C)C)ccc1-2.[Cl-].[Cl-]. The van der Waals surface area contributed by atoms with Crippen molar-refractivity contribution in [1.82, 2.24) is 0 Å². The molecule has 0 bridgehead atoms. The Hall–Kier alpha value is -2.61. The van der Waals surface area contributed by atoms with Gasteiger partial charge in [0.15, 0.2) is 0 Å². The Morgan fingerprint density at radius 3 is 1.92 bits per heavy atom. The molecule has 7 rings (SSSR count). The molecule has 1 unspecified atom stereocenters. The molecule has 0 radical (unpaired) electrons. The van der Waals surface area contributed by atoms with Gasteiger partial charge in [-0.05, 0) is 0 Å². The Morgan fingerprint density at radius 1 is 0.729 bits per heavy atom. The normalized spacial score (nSPS) is 14.8. The number of fused-ring (bicyclic) bond motifs is 3. The first-order valence-corrected chi connectivity index (χ1v) is 21.3. The topological polar surface area (TPSA) is 0 Å². The first-order valence-electron chi connectivity index (χ1n) is 16.6. The van der Waals surface area contributed by atoms with Gasteiger partial charge in [0.2, 0.25) is 0 Å². The maximum absolute atomic E-state index is 3.00. The summed E-state index contributed by atoms with van der Waals surface area (Å²) in [4.78, 5) is 0. The quantitative estimate of drug-likeness (QED) is 0.231. The molecule has 0 fully saturated rings. The Morgan fingerprint density at radius 2 is 1.35 bits per heavy atom. The van der Waals surface area contributed by atoms with E-state index in [9.17, 15) is 0 Å². The van der Waals surface area contributed by atoms with E-state index in [2.05, 4.69) is 168 Å². The molecule has 1 heterocycles. The van der Waals surface area contributed by atoms with E-state index in [1.165, 1.54) is 50.1 Å². The van der Waals surface area contributed by atoms with Crippen LogP contribution >= 0.6 is 11.3 Å². The molecule has 0 saturated carbocycles. The largest absolute Gasteiger partial charge is 1.00 e. The second-order valence-electron chi connectivity index (χ2n) is 15.0. The number of thiophene rings is 1. The first kappa shape index (κ1) is 36.7. The average molecular weight is 767 g/mol. The molecule has 1 atom stereocenters. The zero-order valence-electron chi connectivity index (χ0n) is 29.0. The van der Waals surface area contributed by atoms with Gasteiger partial charge in [0.05, 0.1) is 0 Å².